The molecule has 0 radical (unpaired) electrons. The molecule has 1 aliphatic heterocycles. The van der Waals surface area contributed by atoms with Gasteiger partial charge in [-0.15, -0.1) is 0 Å². The number of piperazine rings is 1. The van der Waals surface area contributed by atoms with Gasteiger partial charge in [0.25, 0.3) is 0 Å². The van der Waals surface area contributed by atoms with Gasteiger partial charge in [0.15, 0.2) is 5.96 Å². The maximum Gasteiger partial charge on any atom is 0.191 e. The Hall–Kier alpha value is -2.76. The molecule has 1 saturated heterocycles. The Labute approximate surface area is 160 Å². The normalized spacial score (nSPS) is 15.1. The number of guanidine groups is 1. The van der Waals surface area contributed by atoms with Crippen LogP contribution in [0.1, 0.15) is 12.0 Å². The molecule has 1 aliphatic rings. The van der Waals surface area contributed by atoms with Gasteiger partial charge in [-0.2, -0.15) is 0 Å². The molecule has 0 spiro atoms. The first-order valence-electron chi connectivity index (χ1n) is 9.34. The summed E-state index contributed by atoms with van der Waals surface area (Å²) in [6, 6.07) is 14.8. The number of ether oxygens (including phenoxy) is 1. The van der Waals surface area contributed by atoms with Gasteiger partial charge in [-0.25, -0.2) is 4.39 Å². The minimum Gasteiger partial charge on any atom is -0.497 e. The Kier molecular flexibility index (Phi) is 6.52. The van der Waals surface area contributed by atoms with Gasteiger partial charge in [0.1, 0.15) is 11.6 Å². The quantitative estimate of drug-likeness (QED) is 0.483. The number of rotatable bonds is 6. The molecule has 5 nitrogen and oxygen atoms in total. The highest BCUT2D eigenvalue weighted by molar-refractivity contribution is 5.78. The fraction of sp³-hybridized carbons (Fsp3) is 0.381. The van der Waals surface area contributed by atoms with Gasteiger partial charge < -0.3 is 20.3 Å². The monoisotopic (exact) mass is 370 g/mol. The topological polar surface area (TPSA) is 54.1 Å². The predicted octanol–water partition coefficient (Wildman–Crippen LogP) is 2.90. The lowest BCUT2D eigenvalue weighted by molar-refractivity contribution is 0.380. The molecule has 1 heterocycles. The second kappa shape index (κ2) is 9.26. The molecule has 0 saturated carbocycles. The molecule has 0 unspecified atom stereocenters. The highest BCUT2D eigenvalue weighted by Crippen LogP contribution is 2.17. The van der Waals surface area contributed by atoms with Crippen molar-refractivity contribution in [3.63, 3.8) is 0 Å². The van der Waals surface area contributed by atoms with Crippen LogP contribution in [0.5, 0.6) is 5.75 Å². The van der Waals surface area contributed by atoms with E-state index < -0.39 is 0 Å². The first-order valence-corrected chi connectivity index (χ1v) is 9.34. The van der Waals surface area contributed by atoms with Crippen molar-refractivity contribution < 1.29 is 9.13 Å². The van der Waals surface area contributed by atoms with Crippen molar-refractivity contribution in [2.45, 2.75) is 12.8 Å². The molecule has 1 fully saturated rings. The lowest BCUT2D eigenvalue weighted by Gasteiger charge is -2.36. The zero-order chi connectivity index (χ0) is 19.1. The Morgan fingerprint density at radius 3 is 2.56 bits per heavy atom. The van der Waals surface area contributed by atoms with Crippen LogP contribution in [-0.2, 0) is 6.42 Å². The summed E-state index contributed by atoms with van der Waals surface area (Å²) < 4.78 is 18.3. The lowest BCUT2D eigenvalue weighted by Crippen LogP contribution is -2.51. The highest BCUT2D eigenvalue weighted by Gasteiger charge is 2.18. The SMILES string of the molecule is COc1cccc(CCCN=C(N)N2CCN(c3ccc(F)cc3)CC2)c1. The van der Waals surface area contributed by atoms with Crippen LogP contribution in [0.2, 0.25) is 0 Å². The van der Waals surface area contributed by atoms with Gasteiger partial charge in [0, 0.05) is 38.4 Å². The maximum absolute atomic E-state index is 13.1. The predicted molar refractivity (Wildman–Crippen MR) is 108 cm³/mol. The number of hydrogen-bond donors (Lipinski definition) is 1. The van der Waals surface area contributed by atoms with Gasteiger partial charge in [-0.1, -0.05) is 12.1 Å². The molecule has 2 N–H and O–H groups in total. The smallest absolute Gasteiger partial charge is 0.191 e. The van der Waals surface area contributed by atoms with Crippen LogP contribution in [-0.4, -0.2) is 50.7 Å². The van der Waals surface area contributed by atoms with Crippen molar-refractivity contribution in [3.05, 3.63) is 59.9 Å². The summed E-state index contributed by atoms with van der Waals surface area (Å²) in [4.78, 5) is 8.89. The Morgan fingerprint density at radius 2 is 1.85 bits per heavy atom. The number of halogens is 1. The molecule has 144 valence electrons. The zero-order valence-corrected chi connectivity index (χ0v) is 15.8. The molecule has 0 bridgehead atoms. The first kappa shape index (κ1) is 19.0. The van der Waals surface area contributed by atoms with E-state index in [1.54, 1.807) is 7.11 Å². The highest BCUT2D eigenvalue weighted by atomic mass is 19.1. The largest absolute Gasteiger partial charge is 0.497 e. The Morgan fingerprint density at radius 1 is 1.11 bits per heavy atom. The van der Waals surface area contributed by atoms with E-state index in [0.29, 0.717) is 12.5 Å². The molecule has 2 aromatic carbocycles. The van der Waals surface area contributed by atoms with E-state index in [2.05, 4.69) is 26.9 Å². The number of methoxy groups -OCH3 is 1. The van der Waals surface area contributed by atoms with E-state index in [1.165, 1.54) is 17.7 Å². The Bertz CT molecular complexity index is 755. The van der Waals surface area contributed by atoms with Crippen LogP contribution in [0.4, 0.5) is 10.1 Å². The van der Waals surface area contributed by atoms with Crippen LogP contribution in [0.3, 0.4) is 0 Å². The fourth-order valence-corrected chi connectivity index (χ4v) is 3.25. The van der Waals surface area contributed by atoms with Crippen molar-refractivity contribution in [1.82, 2.24) is 4.90 Å². The average Bonchev–Trinajstić information content (AvgIpc) is 2.72. The molecule has 27 heavy (non-hydrogen) atoms. The minimum atomic E-state index is -0.206. The van der Waals surface area contributed by atoms with Crippen molar-refractivity contribution >= 4 is 11.6 Å². The third-order valence-electron chi connectivity index (χ3n) is 4.83. The van der Waals surface area contributed by atoms with Gasteiger partial charge in [0.2, 0.25) is 0 Å². The first-order chi connectivity index (χ1) is 13.2. The second-order valence-electron chi connectivity index (χ2n) is 6.65. The molecule has 0 aliphatic carbocycles. The van der Waals surface area contributed by atoms with E-state index in [4.69, 9.17) is 10.5 Å². The molecule has 0 atom stereocenters. The standard InChI is InChI=1S/C21H27FN4O/c1-27-20-6-2-4-17(16-20)5-3-11-24-21(23)26-14-12-25(13-15-26)19-9-7-18(22)8-10-19/h2,4,6-10,16H,3,5,11-15H2,1H3,(H2,23,24). The van der Waals surface area contributed by atoms with Crippen LogP contribution in [0.25, 0.3) is 0 Å². The number of hydrogen-bond acceptors (Lipinski definition) is 3. The van der Waals surface area contributed by atoms with Gasteiger partial charge in [-0.3, -0.25) is 4.99 Å². The van der Waals surface area contributed by atoms with Crippen LogP contribution >= 0.6 is 0 Å². The third kappa shape index (κ3) is 5.36. The lowest BCUT2D eigenvalue weighted by atomic mass is 10.1. The van der Waals surface area contributed by atoms with Gasteiger partial charge in [0.05, 0.1) is 7.11 Å². The Balaban J connectivity index is 1.43. The number of aliphatic imine (C=N–C) groups is 1. The summed E-state index contributed by atoms with van der Waals surface area (Å²) in [6.45, 7) is 4.06. The molecule has 0 aromatic heterocycles. The molecular weight excluding hydrogens is 343 g/mol. The van der Waals surface area contributed by atoms with E-state index >= 15 is 0 Å². The average molecular weight is 370 g/mol. The summed E-state index contributed by atoms with van der Waals surface area (Å²) >= 11 is 0. The van der Waals surface area contributed by atoms with Crippen molar-refractivity contribution in [2.24, 2.45) is 10.7 Å². The van der Waals surface area contributed by atoms with Gasteiger partial charge in [-0.05, 0) is 54.8 Å². The molecule has 0 amide bonds. The zero-order valence-electron chi connectivity index (χ0n) is 15.8. The number of nitrogens with two attached hydrogens (primary N) is 1. The van der Waals surface area contributed by atoms with E-state index in [-0.39, 0.29) is 5.82 Å². The van der Waals surface area contributed by atoms with Crippen LogP contribution in [0, 0.1) is 5.82 Å². The number of anilines is 1. The van der Waals surface area contributed by atoms with Crippen molar-refractivity contribution in [2.75, 3.05) is 44.7 Å². The summed E-state index contributed by atoms with van der Waals surface area (Å²) in [5.74, 6) is 1.29. The van der Waals surface area contributed by atoms with Crippen molar-refractivity contribution in [3.8, 4) is 5.75 Å². The summed E-state index contributed by atoms with van der Waals surface area (Å²) in [7, 11) is 1.68. The summed E-state index contributed by atoms with van der Waals surface area (Å²) in [5, 5.41) is 0. The second-order valence-corrected chi connectivity index (χ2v) is 6.65. The number of benzene rings is 2. The molecule has 3 rings (SSSR count). The molecule has 6 heteroatoms. The van der Waals surface area contributed by atoms with Gasteiger partial charge >= 0.3 is 0 Å². The van der Waals surface area contributed by atoms with Crippen molar-refractivity contribution in [1.29, 1.82) is 0 Å². The number of aryl methyl sites for hydroxylation is 1. The van der Waals surface area contributed by atoms with Crippen LogP contribution < -0.4 is 15.4 Å². The maximum atomic E-state index is 13.1. The molecular formula is C21H27FN4O. The number of nitrogens with zero attached hydrogens (tertiary/aromatic N) is 3. The third-order valence-corrected chi connectivity index (χ3v) is 4.83. The summed E-state index contributed by atoms with van der Waals surface area (Å²) in [5.41, 5.74) is 8.46. The van der Waals surface area contributed by atoms with E-state index in [0.717, 1.165) is 50.5 Å². The fourth-order valence-electron chi connectivity index (χ4n) is 3.25. The minimum absolute atomic E-state index is 0.206. The summed E-state index contributed by atoms with van der Waals surface area (Å²) in [6.07, 6.45) is 1.90. The van der Waals surface area contributed by atoms with E-state index in [1.807, 2.05) is 24.3 Å². The van der Waals surface area contributed by atoms with Crippen LogP contribution in [0.15, 0.2) is 53.5 Å². The van der Waals surface area contributed by atoms with E-state index in [9.17, 15) is 4.39 Å². The molecule has 2 aromatic rings.